The van der Waals surface area contributed by atoms with Gasteiger partial charge in [-0.3, -0.25) is 4.79 Å². The predicted octanol–water partition coefficient (Wildman–Crippen LogP) is 1.33. The van der Waals surface area contributed by atoms with E-state index in [0.717, 1.165) is 11.1 Å². The summed E-state index contributed by atoms with van der Waals surface area (Å²) in [7, 11) is 0. The van der Waals surface area contributed by atoms with E-state index in [0.29, 0.717) is 0 Å². The summed E-state index contributed by atoms with van der Waals surface area (Å²) in [4.78, 5) is 10.3. The van der Waals surface area contributed by atoms with Crippen molar-refractivity contribution >= 4 is 5.97 Å². The minimum absolute atomic E-state index is 0.00606. The van der Waals surface area contributed by atoms with Crippen LogP contribution in [0.1, 0.15) is 11.1 Å². The molecule has 64 valence electrons. The largest absolute Gasteiger partial charge is 0.508 e. The molecule has 0 fully saturated rings. The van der Waals surface area contributed by atoms with Crippen LogP contribution in [0.2, 0.25) is 0 Å². The highest BCUT2D eigenvalue weighted by Gasteiger charge is 2.03. The van der Waals surface area contributed by atoms with Gasteiger partial charge in [-0.15, -0.1) is 0 Å². The molecule has 0 bridgehead atoms. The number of phenols is 1. The van der Waals surface area contributed by atoms with E-state index >= 15 is 0 Å². The number of aromatic hydroxyl groups is 1. The molecule has 0 amide bonds. The van der Waals surface area contributed by atoms with E-state index in [4.69, 9.17) is 10.2 Å². The highest BCUT2D eigenvalue weighted by molar-refractivity contribution is 5.70. The van der Waals surface area contributed by atoms with Crippen LogP contribution >= 0.6 is 0 Å². The highest BCUT2D eigenvalue weighted by Crippen LogP contribution is 2.15. The molecule has 0 saturated carbocycles. The van der Waals surface area contributed by atoms with Gasteiger partial charge in [0.15, 0.2) is 0 Å². The summed E-state index contributed by atoms with van der Waals surface area (Å²) in [6.45, 7) is 1.78. The number of rotatable bonds is 2. The molecular formula is C9H10O3. The molecule has 1 aromatic carbocycles. The maximum Gasteiger partial charge on any atom is 0.307 e. The summed E-state index contributed by atoms with van der Waals surface area (Å²) in [5.41, 5.74) is 1.54. The summed E-state index contributed by atoms with van der Waals surface area (Å²) < 4.78 is 0. The number of carbonyl (C=O) groups is 1. The third-order valence-electron chi connectivity index (χ3n) is 1.67. The summed E-state index contributed by atoms with van der Waals surface area (Å²) in [5.74, 6) is -0.689. The molecule has 0 aliphatic rings. The van der Waals surface area contributed by atoms with Crippen molar-refractivity contribution in [3.8, 4) is 5.75 Å². The first-order chi connectivity index (χ1) is 5.59. The quantitative estimate of drug-likeness (QED) is 0.696. The average Bonchev–Trinajstić information content (AvgIpc) is 1.94. The van der Waals surface area contributed by atoms with Crippen LogP contribution in [0.3, 0.4) is 0 Å². The Bertz CT molecular complexity index is 305. The first kappa shape index (κ1) is 8.59. The molecule has 3 nitrogen and oxygen atoms in total. The molecule has 0 aromatic heterocycles. The summed E-state index contributed by atoms with van der Waals surface area (Å²) in [6, 6.07) is 4.67. The van der Waals surface area contributed by atoms with Gasteiger partial charge in [0.1, 0.15) is 5.75 Å². The number of carboxylic acids is 1. The van der Waals surface area contributed by atoms with Gasteiger partial charge in [0.05, 0.1) is 6.42 Å². The van der Waals surface area contributed by atoms with E-state index < -0.39 is 5.97 Å². The topological polar surface area (TPSA) is 57.5 Å². The Kier molecular flexibility index (Phi) is 2.33. The smallest absolute Gasteiger partial charge is 0.307 e. The SMILES string of the molecule is Cc1cc(O)ccc1CC(=O)O. The molecule has 1 aromatic rings. The van der Waals surface area contributed by atoms with E-state index in [1.165, 1.54) is 6.07 Å². The van der Waals surface area contributed by atoms with Gasteiger partial charge in [-0.1, -0.05) is 6.07 Å². The monoisotopic (exact) mass is 166 g/mol. The molecule has 0 spiro atoms. The lowest BCUT2D eigenvalue weighted by atomic mass is 10.1. The van der Waals surface area contributed by atoms with Crippen LogP contribution < -0.4 is 0 Å². The number of aliphatic carboxylic acids is 1. The molecule has 0 unspecified atom stereocenters. The van der Waals surface area contributed by atoms with Gasteiger partial charge in [0.2, 0.25) is 0 Å². The van der Waals surface area contributed by atoms with Crippen molar-refractivity contribution in [1.82, 2.24) is 0 Å². The number of hydrogen-bond donors (Lipinski definition) is 2. The van der Waals surface area contributed by atoms with E-state index in [1.54, 1.807) is 19.1 Å². The molecule has 2 N–H and O–H groups in total. The molecule has 0 radical (unpaired) electrons. The average molecular weight is 166 g/mol. The fourth-order valence-electron chi connectivity index (χ4n) is 1.04. The number of carboxylic acid groups (broad SMARTS) is 1. The van der Waals surface area contributed by atoms with Gasteiger partial charge < -0.3 is 10.2 Å². The van der Waals surface area contributed by atoms with E-state index in [-0.39, 0.29) is 12.2 Å². The molecule has 12 heavy (non-hydrogen) atoms. The Morgan fingerprint density at radius 1 is 1.50 bits per heavy atom. The second-order valence-corrected chi connectivity index (χ2v) is 2.68. The Hall–Kier alpha value is -1.51. The fraction of sp³-hybridized carbons (Fsp3) is 0.222. The van der Waals surface area contributed by atoms with E-state index in [2.05, 4.69) is 0 Å². The maximum atomic E-state index is 10.3. The summed E-state index contributed by atoms with van der Waals surface area (Å²) in [6.07, 6.45) is 0.00606. The highest BCUT2D eigenvalue weighted by atomic mass is 16.4. The lowest BCUT2D eigenvalue weighted by molar-refractivity contribution is -0.136. The Balaban J connectivity index is 2.93. The zero-order chi connectivity index (χ0) is 9.14. The van der Waals surface area contributed by atoms with Crippen LogP contribution in [0.15, 0.2) is 18.2 Å². The van der Waals surface area contributed by atoms with Gasteiger partial charge in [-0.05, 0) is 30.2 Å². The maximum absolute atomic E-state index is 10.3. The van der Waals surface area contributed by atoms with Crippen LogP contribution in [0.5, 0.6) is 5.75 Å². The standard InChI is InChI=1S/C9H10O3/c1-6-4-8(10)3-2-7(6)5-9(11)12/h2-4,10H,5H2,1H3,(H,11,12). The number of phenolic OH excluding ortho intramolecular Hbond substituents is 1. The second-order valence-electron chi connectivity index (χ2n) is 2.68. The van der Waals surface area contributed by atoms with Gasteiger partial charge >= 0.3 is 5.97 Å². The number of aryl methyl sites for hydroxylation is 1. The van der Waals surface area contributed by atoms with E-state index in [9.17, 15) is 4.79 Å². The van der Waals surface area contributed by atoms with Crippen LogP contribution in [0, 0.1) is 6.92 Å². The molecule has 1 rings (SSSR count). The molecule has 0 saturated heterocycles. The Morgan fingerprint density at radius 3 is 2.67 bits per heavy atom. The van der Waals surface area contributed by atoms with Crippen LogP contribution in [-0.2, 0) is 11.2 Å². The van der Waals surface area contributed by atoms with Gasteiger partial charge in [-0.25, -0.2) is 0 Å². The molecular weight excluding hydrogens is 156 g/mol. The number of hydrogen-bond acceptors (Lipinski definition) is 2. The van der Waals surface area contributed by atoms with Crippen molar-refractivity contribution in [3.05, 3.63) is 29.3 Å². The zero-order valence-electron chi connectivity index (χ0n) is 6.74. The van der Waals surface area contributed by atoms with Crippen molar-refractivity contribution in [2.45, 2.75) is 13.3 Å². The number of benzene rings is 1. The molecule has 0 atom stereocenters. The Labute approximate surface area is 70.3 Å². The van der Waals surface area contributed by atoms with Crippen LogP contribution in [0.25, 0.3) is 0 Å². The van der Waals surface area contributed by atoms with Crippen molar-refractivity contribution in [3.63, 3.8) is 0 Å². The summed E-state index contributed by atoms with van der Waals surface area (Å²) >= 11 is 0. The normalized spacial score (nSPS) is 9.75. The Morgan fingerprint density at radius 2 is 2.17 bits per heavy atom. The molecule has 0 heterocycles. The minimum atomic E-state index is -0.858. The lowest BCUT2D eigenvalue weighted by Gasteiger charge is -2.02. The van der Waals surface area contributed by atoms with Crippen LogP contribution in [-0.4, -0.2) is 16.2 Å². The summed E-state index contributed by atoms with van der Waals surface area (Å²) in [5, 5.41) is 17.5. The first-order valence-corrected chi connectivity index (χ1v) is 3.60. The van der Waals surface area contributed by atoms with Crippen molar-refractivity contribution in [2.24, 2.45) is 0 Å². The first-order valence-electron chi connectivity index (χ1n) is 3.60. The minimum Gasteiger partial charge on any atom is -0.508 e. The van der Waals surface area contributed by atoms with Gasteiger partial charge in [0, 0.05) is 0 Å². The molecule has 3 heteroatoms. The van der Waals surface area contributed by atoms with Gasteiger partial charge in [-0.2, -0.15) is 0 Å². The fourth-order valence-corrected chi connectivity index (χ4v) is 1.04. The van der Waals surface area contributed by atoms with Crippen LogP contribution in [0.4, 0.5) is 0 Å². The third-order valence-corrected chi connectivity index (χ3v) is 1.67. The molecule has 0 aliphatic carbocycles. The van der Waals surface area contributed by atoms with Crippen molar-refractivity contribution < 1.29 is 15.0 Å². The second kappa shape index (κ2) is 3.26. The van der Waals surface area contributed by atoms with Gasteiger partial charge in [0.25, 0.3) is 0 Å². The van der Waals surface area contributed by atoms with Crippen molar-refractivity contribution in [2.75, 3.05) is 0 Å². The third kappa shape index (κ3) is 1.99. The zero-order valence-corrected chi connectivity index (χ0v) is 6.74. The lowest BCUT2D eigenvalue weighted by Crippen LogP contribution is -2.01. The van der Waals surface area contributed by atoms with E-state index in [1.807, 2.05) is 0 Å². The van der Waals surface area contributed by atoms with Crippen molar-refractivity contribution in [1.29, 1.82) is 0 Å². The predicted molar refractivity (Wildman–Crippen MR) is 44.2 cm³/mol. The molecule has 0 aliphatic heterocycles.